The van der Waals surface area contributed by atoms with E-state index in [4.69, 9.17) is 4.37 Å². The highest BCUT2D eigenvalue weighted by atomic mass is 32.1. The molecule has 3 aromatic rings. The summed E-state index contributed by atoms with van der Waals surface area (Å²) in [6.45, 7) is 3.42. The first-order valence-electron chi connectivity index (χ1n) is 8.01. The molecule has 112 valence electrons. The minimum absolute atomic E-state index is 0.628. The SMILES string of the molecule is c1ccc(CN2CCC(c3nsc4ccccc34)CC2)cc1. The first-order valence-corrected chi connectivity index (χ1v) is 8.78. The predicted octanol–water partition coefficient (Wildman–Crippen LogP) is 4.68. The number of nitrogens with zero attached hydrogens (tertiary/aromatic N) is 2. The van der Waals surface area contributed by atoms with Gasteiger partial charge in [0.15, 0.2) is 0 Å². The van der Waals surface area contributed by atoms with Gasteiger partial charge in [-0.05, 0) is 49.1 Å². The number of hydrogen-bond donors (Lipinski definition) is 0. The molecule has 0 spiro atoms. The van der Waals surface area contributed by atoms with E-state index in [1.165, 1.54) is 47.3 Å². The maximum Gasteiger partial charge on any atom is 0.0652 e. The van der Waals surface area contributed by atoms with Gasteiger partial charge in [0.1, 0.15) is 0 Å². The lowest BCUT2D eigenvalue weighted by molar-refractivity contribution is 0.204. The Balaban J connectivity index is 1.43. The van der Waals surface area contributed by atoms with Gasteiger partial charge in [0.2, 0.25) is 0 Å². The number of hydrogen-bond acceptors (Lipinski definition) is 3. The zero-order valence-electron chi connectivity index (χ0n) is 12.6. The van der Waals surface area contributed by atoms with Gasteiger partial charge in [0.25, 0.3) is 0 Å². The first-order chi connectivity index (χ1) is 10.9. The van der Waals surface area contributed by atoms with Crippen molar-refractivity contribution in [1.29, 1.82) is 0 Å². The van der Waals surface area contributed by atoms with Crippen molar-refractivity contribution in [2.75, 3.05) is 13.1 Å². The number of fused-ring (bicyclic) bond motifs is 1. The van der Waals surface area contributed by atoms with Crippen molar-refractivity contribution in [3.63, 3.8) is 0 Å². The van der Waals surface area contributed by atoms with Gasteiger partial charge in [-0.2, -0.15) is 4.37 Å². The number of benzene rings is 2. The number of rotatable bonds is 3. The van der Waals surface area contributed by atoms with Crippen LogP contribution in [0.1, 0.15) is 30.0 Å². The Morgan fingerprint density at radius 2 is 1.68 bits per heavy atom. The predicted molar refractivity (Wildman–Crippen MR) is 93.3 cm³/mol. The molecule has 2 heterocycles. The number of piperidine rings is 1. The zero-order chi connectivity index (χ0) is 14.8. The Morgan fingerprint density at radius 1 is 0.955 bits per heavy atom. The van der Waals surface area contributed by atoms with Crippen LogP contribution < -0.4 is 0 Å². The lowest BCUT2D eigenvalue weighted by Gasteiger charge is -2.31. The van der Waals surface area contributed by atoms with E-state index in [0.29, 0.717) is 5.92 Å². The molecular formula is C19H20N2S. The fourth-order valence-corrected chi connectivity index (χ4v) is 4.26. The molecule has 1 aliphatic rings. The molecule has 0 radical (unpaired) electrons. The summed E-state index contributed by atoms with van der Waals surface area (Å²) in [4.78, 5) is 2.57. The van der Waals surface area contributed by atoms with Crippen LogP contribution in [0.5, 0.6) is 0 Å². The summed E-state index contributed by atoms with van der Waals surface area (Å²) in [7, 11) is 0. The second kappa shape index (κ2) is 6.19. The molecule has 0 bridgehead atoms. The average Bonchev–Trinajstić information content (AvgIpc) is 3.01. The Labute approximate surface area is 135 Å². The van der Waals surface area contributed by atoms with Crippen molar-refractivity contribution >= 4 is 21.6 Å². The number of aromatic nitrogens is 1. The molecule has 0 atom stereocenters. The van der Waals surface area contributed by atoms with Crippen LogP contribution in [0.15, 0.2) is 54.6 Å². The van der Waals surface area contributed by atoms with Crippen LogP contribution in [-0.2, 0) is 6.54 Å². The van der Waals surface area contributed by atoms with E-state index in [-0.39, 0.29) is 0 Å². The Morgan fingerprint density at radius 3 is 2.50 bits per heavy atom. The van der Waals surface area contributed by atoms with Crippen LogP contribution in [-0.4, -0.2) is 22.4 Å². The quantitative estimate of drug-likeness (QED) is 0.698. The van der Waals surface area contributed by atoms with Gasteiger partial charge in [-0.3, -0.25) is 4.90 Å². The van der Waals surface area contributed by atoms with E-state index >= 15 is 0 Å². The van der Waals surface area contributed by atoms with Crippen molar-refractivity contribution in [3.8, 4) is 0 Å². The first kappa shape index (κ1) is 13.9. The van der Waals surface area contributed by atoms with E-state index in [0.717, 1.165) is 6.54 Å². The van der Waals surface area contributed by atoms with Gasteiger partial charge in [-0.15, -0.1) is 0 Å². The maximum absolute atomic E-state index is 4.75. The minimum atomic E-state index is 0.628. The normalized spacial score (nSPS) is 17.1. The average molecular weight is 308 g/mol. The molecule has 1 aromatic heterocycles. The van der Waals surface area contributed by atoms with Crippen LogP contribution in [0.25, 0.3) is 10.1 Å². The van der Waals surface area contributed by atoms with Crippen LogP contribution in [0, 0.1) is 0 Å². The van der Waals surface area contributed by atoms with E-state index < -0.39 is 0 Å². The lowest BCUT2D eigenvalue weighted by Crippen LogP contribution is -2.32. The van der Waals surface area contributed by atoms with E-state index in [9.17, 15) is 0 Å². The molecule has 0 aliphatic carbocycles. The Bertz CT molecular complexity index is 742. The third kappa shape index (κ3) is 2.79. The topological polar surface area (TPSA) is 16.1 Å². The van der Waals surface area contributed by atoms with Gasteiger partial charge in [0.05, 0.1) is 10.4 Å². The summed E-state index contributed by atoms with van der Waals surface area (Å²) in [5, 5.41) is 1.37. The second-order valence-electron chi connectivity index (χ2n) is 6.10. The summed E-state index contributed by atoms with van der Waals surface area (Å²) in [5.74, 6) is 0.628. The summed E-state index contributed by atoms with van der Waals surface area (Å²) in [6, 6.07) is 19.4. The van der Waals surface area contributed by atoms with E-state index in [2.05, 4.69) is 59.5 Å². The molecule has 0 saturated carbocycles. The van der Waals surface area contributed by atoms with E-state index in [1.807, 2.05) is 0 Å². The molecule has 1 saturated heterocycles. The van der Waals surface area contributed by atoms with Crippen LogP contribution in [0.2, 0.25) is 0 Å². The van der Waals surface area contributed by atoms with Crippen molar-refractivity contribution in [2.45, 2.75) is 25.3 Å². The summed E-state index contributed by atoms with van der Waals surface area (Å²) >= 11 is 1.65. The molecule has 1 fully saturated rings. The van der Waals surface area contributed by atoms with Crippen molar-refractivity contribution in [3.05, 3.63) is 65.9 Å². The summed E-state index contributed by atoms with van der Waals surface area (Å²) in [5.41, 5.74) is 2.75. The highest BCUT2D eigenvalue weighted by Gasteiger charge is 2.23. The molecule has 0 amide bonds. The molecule has 3 heteroatoms. The maximum atomic E-state index is 4.75. The molecule has 4 rings (SSSR count). The standard InChI is InChI=1S/C19H20N2S/c1-2-6-15(7-3-1)14-21-12-10-16(11-13-21)19-17-8-4-5-9-18(17)22-20-19/h1-9,16H,10-14H2. The zero-order valence-corrected chi connectivity index (χ0v) is 13.4. The summed E-state index contributed by atoms with van der Waals surface area (Å²) in [6.07, 6.45) is 2.45. The van der Waals surface area contributed by atoms with Crippen LogP contribution in [0.4, 0.5) is 0 Å². The van der Waals surface area contributed by atoms with Crippen molar-refractivity contribution in [2.24, 2.45) is 0 Å². The fourth-order valence-electron chi connectivity index (χ4n) is 3.41. The highest BCUT2D eigenvalue weighted by molar-refractivity contribution is 7.13. The van der Waals surface area contributed by atoms with Gasteiger partial charge < -0.3 is 0 Å². The molecule has 22 heavy (non-hydrogen) atoms. The fraction of sp³-hybridized carbons (Fsp3) is 0.316. The minimum Gasteiger partial charge on any atom is -0.299 e. The molecular weight excluding hydrogens is 288 g/mol. The Kier molecular flexibility index (Phi) is 3.92. The largest absolute Gasteiger partial charge is 0.299 e. The smallest absolute Gasteiger partial charge is 0.0652 e. The monoisotopic (exact) mass is 308 g/mol. The lowest BCUT2D eigenvalue weighted by atomic mass is 9.91. The molecule has 2 nitrogen and oxygen atoms in total. The molecule has 1 aliphatic heterocycles. The third-order valence-electron chi connectivity index (χ3n) is 4.63. The van der Waals surface area contributed by atoms with Gasteiger partial charge in [-0.1, -0.05) is 48.5 Å². The van der Waals surface area contributed by atoms with Crippen molar-refractivity contribution in [1.82, 2.24) is 9.27 Å². The molecule has 0 N–H and O–H groups in total. The number of likely N-dealkylation sites (tertiary alicyclic amines) is 1. The summed E-state index contributed by atoms with van der Waals surface area (Å²) < 4.78 is 6.07. The van der Waals surface area contributed by atoms with Crippen LogP contribution >= 0.6 is 11.5 Å². The second-order valence-corrected chi connectivity index (χ2v) is 6.90. The van der Waals surface area contributed by atoms with Gasteiger partial charge in [-0.25, -0.2) is 0 Å². The van der Waals surface area contributed by atoms with Gasteiger partial charge in [0, 0.05) is 17.8 Å². The van der Waals surface area contributed by atoms with Crippen LogP contribution in [0.3, 0.4) is 0 Å². The molecule has 0 unspecified atom stereocenters. The Hall–Kier alpha value is -1.71. The highest BCUT2D eigenvalue weighted by Crippen LogP contribution is 2.34. The van der Waals surface area contributed by atoms with Crippen molar-refractivity contribution < 1.29 is 0 Å². The molecule has 2 aromatic carbocycles. The van der Waals surface area contributed by atoms with Gasteiger partial charge >= 0.3 is 0 Å². The third-order valence-corrected chi connectivity index (χ3v) is 5.47. The van der Waals surface area contributed by atoms with E-state index in [1.54, 1.807) is 11.5 Å².